The van der Waals surface area contributed by atoms with Crippen molar-refractivity contribution in [2.45, 2.75) is 52.9 Å². The number of carbonyl (C=O) groups is 2. The second kappa shape index (κ2) is 8.85. The van der Waals surface area contributed by atoms with E-state index in [9.17, 15) is 9.59 Å². The lowest BCUT2D eigenvalue weighted by atomic mass is 9.98. The molecule has 25 heavy (non-hydrogen) atoms. The van der Waals surface area contributed by atoms with Crippen LogP contribution in [0.1, 0.15) is 34.6 Å². The molecule has 3 atom stereocenters. The molecule has 2 heterocycles. The Bertz CT molecular complexity index is 453. The van der Waals surface area contributed by atoms with Crippen LogP contribution >= 0.6 is 0 Å². The Morgan fingerprint density at radius 2 is 1.56 bits per heavy atom. The topological polar surface area (TPSA) is 62.3 Å². The second-order valence-electron chi connectivity index (χ2n) is 7.41. The van der Waals surface area contributed by atoms with E-state index in [0.29, 0.717) is 32.8 Å². The van der Waals surface area contributed by atoms with Crippen LogP contribution in [0, 0.1) is 5.92 Å². The third kappa shape index (κ3) is 5.07. The standard InChI is InChI=1S/C18H33N3O4/c1-6-24-18(23)20-9-7-19(8-10-20)17(22)16(13(2)3)21-11-14(4)25-15(5)12-21/h13-16H,6-12H2,1-5H3. The first-order valence-electron chi connectivity index (χ1n) is 9.43. The maximum Gasteiger partial charge on any atom is 0.409 e. The Morgan fingerprint density at radius 3 is 2.04 bits per heavy atom. The highest BCUT2D eigenvalue weighted by Crippen LogP contribution is 2.21. The lowest BCUT2D eigenvalue weighted by Gasteiger charge is -2.44. The van der Waals surface area contributed by atoms with E-state index >= 15 is 0 Å². The molecule has 7 nitrogen and oxygen atoms in total. The fourth-order valence-electron chi connectivity index (χ4n) is 3.82. The van der Waals surface area contributed by atoms with Crippen LogP contribution in [-0.4, -0.2) is 90.8 Å². The number of amides is 2. The minimum absolute atomic E-state index is 0.136. The molecule has 0 aliphatic carbocycles. The summed E-state index contributed by atoms with van der Waals surface area (Å²) in [6, 6.07) is -0.136. The van der Waals surface area contributed by atoms with Crippen LogP contribution in [-0.2, 0) is 14.3 Å². The molecule has 7 heteroatoms. The molecule has 0 bridgehead atoms. The maximum atomic E-state index is 13.2. The fourth-order valence-corrected chi connectivity index (χ4v) is 3.82. The van der Waals surface area contributed by atoms with Crippen LogP contribution in [0.25, 0.3) is 0 Å². The second-order valence-corrected chi connectivity index (χ2v) is 7.41. The van der Waals surface area contributed by atoms with Gasteiger partial charge < -0.3 is 19.3 Å². The molecular weight excluding hydrogens is 322 g/mol. The minimum atomic E-state index is -0.286. The Hall–Kier alpha value is -1.34. The van der Waals surface area contributed by atoms with Gasteiger partial charge in [-0.15, -0.1) is 0 Å². The molecule has 2 aliphatic heterocycles. The Labute approximate surface area is 151 Å². The van der Waals surface area contributed by atoms with Gasteiger partial charge in [-0.1, -0.05) is 13.8 Å². The molecule has 144 valence electrons. The molecule has 0 radical (unpaired) electrons. The number of hydrogen-bond acceptors (Lipinski definition) is 5. The predicted octanol–water partition coefficient (Wildman–Crippen LogP) is 1.42. The number of carbonyl (C=O) groups excluding carboxylic acids is 2. The molecule has 0 spiro atoms. The summed E-state index contributed by atoms with van der Waals surface area (Å²) in [5.74, 6) is 0.396. The minimum Gasteiger partial charge on any atom is -0.450 e. The van der Waals surface area contributed by atoms with Crippen molar-refractivity contribution in [1.29, 1.82) is 0 Å². The first-order chi connectivity index (χ1) is 11.8. The van der Waals surface area contributed by atoms with E-state index in [1.807, 2.05) is 4.90 Å². The number of piperazine rings is 1. The van der Waals surface area contributed by atoms with Crippen molar-refractivity contribution < 1.29 is 19.1 Å². The lowest BCUT2D eigenvalue weighted by Crippen LogP contribution is -2.60. The van der Waals surface area contributed by atoms with Gasteiger partial charge in [-0.25, -0.2) is 4.79 Å². The number of ether oxygens (including phenoxy) is 2. The van der Waals surface area contributed by atoms with Crippen molar-refractivity contribution in [2.75, 3.05) is 45.9 Å². The summed E-state index contributed by atoms with van der Waals surface area (Å²) in [4.78, 5) is 30.8. The SMILES string of the molecule is CCOC(=O)N1CCN(C(=O)C(C(C)C)N2CC(C)OC(C)C2)CC1. The van der Waals surface area contributed by atoms with Gasteiger partial charge in [0.15, 0.2) is 0 Å². The third-order valence-corrected chi connectivity index (χ3v) is 4.84. The molecular formula is C18H33N3O4. The van der Waals surface area contributed by atoms with Crippen LogP contribution in [0.2, 0.25) is 0 Å². The van der Waals surface area contributed by atoms with E-state index in [1.165, 1.54) is 0 Å². The number of morpholine rings is 1. The molecule has 3 unspecified atom stereocenters. The zero-order valence-corrected chi connectivity index (χ0v) is 16.2. The van der Waals surface area contributed by atoms with Gasteiger partial charge >= 0.3 is 6.09 Å². The highest BCUT2D eigenvalue weighted by molar-refractivity contribution is 5.82. The highest BCUT2D eigenvalue weighted by Gasteiger charge is 2.37. The molecule has 2 rings (SSSR count). The number of rotatable bonds is 4. The Morgan fingerprint density at radius 1 is 1.04 bits per heavy atom. The maximum absolute atomic E-state index is 13.2. The van der Waals surface area contributed by atoms with Crippen LogP contribution < -0.4 is 0 Å². The normalized spacial score (nSPS) is 26.6. The largest absolute Gasteiger partial charge is 0.450 e. The van der Waals surface area contributed by atoms with E-state index in [4.69, 9.17) is 9.47 Å². The van der Waals surface area contributed by atoms with E-state index in [1.54, 1.807) is 11.8 Å². The van der Waals surface area contributed by atoms with Gasteiger partial charge in [0.1, 0.15) is 0 Å². The van der Waals surface area contributed by atoms with Crippen molar-refractivity contribution in [3.8, 4) is 0 Å². The summed E-state index contributed by atoms with van der Waals surface area (Å²) in [7, 11) is 0. The van der Waals surface area contributed by atoms with Crippen LogP contribution in [0.15, 0.2) is 0 Å². The molecule has 0 aromatic carbocycles. The van der Waals surface area contributed by atoms with Gasteiger partial charge in [0.2, 0.25) is 5.91 Å². The third-order valence-electron chi connectivity index (χ3n) is 4.84. The first kappa shape index (κ1) is 20.0. The van der Waals surface area contributed by atoms with Crippen LogP contribution in [0.5, 0.6) is 0 Å². The van der Waals surface area contributed by atoms with Gasteiger partial charge in [-0.05, 0) is 26.7 Å². The van der Waals surface area contributed by atoms with Crippen molar-refractivity contribution in [3.63, 3.8) is 0 Å². The summed E-state index contributed by atoms with van der Waals surface area (Å²) in [5.41, 5.74) is 0. The zero-order valence-electron chi connectivity index (χ0n) is 16.2. The smallest absolute Gasteiger partial charge is 0.409 e. The highest BCUT2D eigenvalue weighted by atomic mass is 16.6. The molecule has 2 fully saturated rings. The number of nitrogens with zero attached hydrogens (tertiary/aromatic N) is 3. The average molecular weight is 355 g/mol. The Kier molecular flexibility index (Phi) is 7.07. The predicted molar refractivity (Wildman–Crippen MR) is 95.4 cm³/mol. The molecule has 0 aromatic rings. The van der Waals surface area contributed by atoms with Gasteiger partial charge in [0.05, 0.1) is 24.9 Å². The van der Waals surface area contributed by atoms with Gasteiger partial charge in [0, 0.05) is 39.3 Å². The summed E-state index contributed by atoms with van der Waals surface area (Å²) < 4.78 is 10.9. The van der Waals surface area contributed by atoms with E-state index in [0.717, 1.165) is 13.1 Å². The number of hydrogen-bond donors (Lipinski definition) is 0. The van der Waals surface area contributed by atoms with E-state index in [2.05, 4.69) is 32.6 Å². The van der Waals surface area contributed by atoms with E-state index in [-0.39, 0.29) is 36.2 Å². The van der Waals surface area contributed by atoms with E-state index < -0.39 is 0 Å². The van der Waals surface area contributed by atoms with Crippen molar-refractivity contribution >= 4 is 12.0 Å². The molecule has 2 saturated heterocycles. The first-order valence-corrected chi connectivity index (χ1v) is 9.43. The van der Waals surface area contributed by atoms with Gasteiger partial charge in [-0.2, -0.15) is 0 Å². The lowest BCUT2D eigenvalue weighted by molar-refractivity contribution is -0.147. The summed E-state index contributed by atoms with van der Waals surface area (Å²) in [6.07, 6.45) is -0.0113. The van der Waals surface area contributed by atoms with Crippen molar-refractivity contribution in [3.05, 3.63) is 0 Å². The van der Waals surface area contributed by atoms with Crippen LogP contribution in [0.3, 0.4) is 0 Å². The Balaban J connectivity index is 1.98. The molecule has 2 aliphatic rings. The molecule has 2 amide bonds. The zero-order chi connectivity index (χ0) is 18.6. The summed E-state index contributed by atoms with van der Waals surface area (Å²) in [6.45, 7) is 14.2. The van der Waals surface area contributed by atoms with Crippen molar-refractivity contribution in [1.82, 2.24) is 14.7 Å². The summed E-state index contributed by atoms with van der Waals surface area (Å²) >= 11 is 0. The quantitative estimate of drug-likeness (QED) is 0.763. The van der Waals surface area contributed by atoms with Gasteiger partial charge in [0.25, 0.3) is 0 Å². The molecule has 0 aromatic heterocycles. The fraction of sp³-hybridized carbons (Fsp3) is 0.889. The molecule has 0 N–H and O–H groups in total. The monoisotopic (exact) mass is 355 g/mol. The molecule has 0 saturated carbocycles. The summed E-state index contributed by atoms with van der Waals surface area (Å²) in [5, 5.41) is 0. The van der Waals surface area contributed by atoms with Crippen LogP contribution in [0.4, 0.5) is 4.79 Å². The average Bonchev–Trinajstić information content (AvgIpc) is 2.54. The van der Waals surface area contributed by atoms with Gasteiger partial charge in [-0.3, -0.25) is 9.69 Å². The van der Waals surface area contributed by atoms with Crippen molar-refractivity contribution in [2.24, 2.45) is 5.92 Å².